The molecule has 0 radical (unpaired) electrons. The molecule has 2 aromatic rings. The summed E-state index contributed by atoms with van der Waals surface area (Å²) in [5.74, 6) is -0.361. The fourth-order valence-electron chi connectivity index (χ4n) is 5.46. The highest BCUT2D eigenvalue weighted by atomic mass is 16.5. The summed E-state index contributed by atoms with van der Waals surface area (Å²) in [5, 5.41) is 1.56. The molecule has 9 nitrogen and oxygen atoms in total. The second kappa shape index (κ2) is 9.74. The van der Waals surface area contributed by atoms with Crippen LogP contribution in [0.4, 0.5) is 0 Å². The third kappa shape index (κ3) is 4.66. The lowest BCUT2D eigenvalue weighted by Gasteiger charge is -2.40. The first-order valence-corrected chi connectivity index (χ1v) is 12.5. The minimum Gasteiger partial charge on any atom is -0.489 e. The molecule has 1 unspecified atom stereocenters. The Morgan fingerprint density at radius 1 is 1.05 bits per heavy atom. The monoisotopic (exact) mass is 499 g/mol. The first-order chi connectivity index (χ1) is 17.7. The van der Waals surface area contributed by atoms with Gasteiger partial charge in [-0.15, -0.1) is 0 Å². The molecule has 5 rings (SSSR count). The van der Waals surface area contributed by atoms with Crippen LogP contribution in [0.2, 0.25) is 0 Å². The number of piperidine rings is 1. The quantitative estimate of drug-likeness (QED) is 0.349. The molecule has 3 aliphatic rings. The van der Waals surface area contributed by atoms with E-state index in [4.69, 9.17) is 9.47 Å². The predicted octanol–water partition coefficient (Wildman–Crippen LogP) is -2.48. The summed E-state index contributed by atoms with van der Waals surface area (Å²) in [4.78, 5) is 53.1. The van der Waals surface area contributed by atoms with Gasteiger partial charge in [0.1, 0.15) is 48.5 Å². The summed E-state index contributed by atoms with van der Waals surface area (Å²) < 4.78 is 11.5. The maximum Gasteiger partial charge on any atom is 0.254 e. The number of nitrogens with zero attached hydrogens (tertiary/aromatic N) is 2. The highest BCUT2D eigenvalue weighted by molar-refractivity contribution is 6.44. The molecular weight excluding hydrogens is 471 g/mol. The van der Waals surface area contributed by atoms with E-state index in [2.05, 4.69) is 5.32 Å². The number of ether oxygens (including phenoxy) is 2. The Morgan fingerprint density at radius 2 is 1.78 bits per heavy atom. The van der Waals surface area contributed by atoms with Gasteiger partial charge < -0.3 is 19.3 Å². The molecule has 0 aliphatic carbocycles. The van der Waals surface area contributed by atoms with Crippen LogP contribution in [0.3, 0.4) is 0 Å². The Bertz CT molecular complexity index is 1280. The second-order valence-corrected chi connectivity index (χ2v) is 10.3. The number of hydrogen-bond acceptors (Lipinski definition) is 6. The van der Waals surface area contributed by atoms with Crippen LogP contribution in [0.1, 0.15) is 39.9 Å². The number of morpholine rings is 1. The number of imide groups is 1. The molecule has 2 saturated heterocycles. The van der Waals surface area contributed by atoms with Crippen LogP contribution in [0.5, 0.6) is 5.75 Å². The molecule has 4 amide bonds. The standard InChI is InChI=1S/C25H28B3N3O6/c26-17-6-5-16-21(25(27,28)31(24(16)35)18-7-8-19(32)29-23(18)34)22(17)37-12-15-3-1-14(2-4-15)11-30-9-10-36-13-20(30)33/h1-6,18H,7-13,26-28H2,(H,29,32,34). The van der Waals surface area contributed by atoms with Crippen LogP contribution in [-0.2, 0) is 37.6 Å². The van der Waals surface area contributed by atoms with Crippen molar-refractivity contribution in [1.82, 2.24) is 15.1 Å². The molecule has 0 spiro atoms. The van der Waals surface area contributed by atoms with Crippen LogP contribution in [-0.4, -0.2) is 82.8 Å². The van der Waals surface area contributed by atoms with E-state index in [-0.39, 0.29) is 30.7 Å². The number of carbonyl (C=O) groups excluding carboxylic acids is 4. The van der Waals surface area contributed by atoms with Crippen molar-refractivity contribution in [1.29, 1.82) is 0 Å². The molecule has 0 aromatic heterocycles. The molecule has 3 aliphatic heterocycles. The highest BCUT2D eigenvalue weighted by Crippen LogP contribution is 2.42. The average molecular weight is 499 g/mol. The predicted molar refractivity (Wildman–Crippen MR) is 143 cm³/mol. The van der Waals surface area contributed by atoms with E-state index in [1.807, 2.05) is 53.9 Å². The van der Waals surface area contributed by atoms with Gasteiger partial charge in [-0.1, -0.05) is 30.3 Å². The van der Waals surface area contributed by atoms with E-state index >= 15 is 0 Å². The van der Waals surface area contributed by atoms with Crippen molar-refractivity contribution >= 4 is 52.6 Å². The van der Waals surface area contributed by atoms with E-state index in [0.717, 1.165) is 22.2 Å². The summed E-state index contributed by atoms with van der Waals surface area (Å²) in [6.45, 7) is 2.12. The van der Waals surface area contributed by atoms with E-state index in [1.165, 1.54) is 0 Å². The molecule has 2 aromatic carbocycles. The lowest BCUT2D eigenvalue weighted by molar-refractivity contribution is -0.143. The van der Waals surface area contributed by atoms with Crippen LogP contribution in [0, 0.1) is 0 Å². The van der Waals surface area contributed by atoms with Gasteiger partial charge in [0.05, 0.1) is 6.61 Å². The molecule has 1 atom stereocenters. The number of fused-ring (bicyclic) bond motifs is 1. The van der Waals surface area contributed by atoms with Gasteiger partial charge in [0.2, 0.25) is 17.7 Å². The van der Waals surface area contributed by atoms with E-state index < -0.39 is 17.3 Å². The third-order valence-electron chi connectivity index (χ3n) is 7.40. The largest absolute Gasteiger partial charge is 0.489 e. The maximum atomic E-state index is 13.5. The van der Waals surface area contributed by atoms with Crippen LogP contribution >= 0.6 is 0 Å². The number of nitrogens with one attached hydrogen (secondary N) is 1. The first kappa shape index (κ1) is 25.1. The zero-order valence-corrected chi connectivity index (χ0v) is 21.3. The van der Waals surface area contributed by atoms with Crippen molar-refractivity contribution < 1.29 is 28.7 Å². The van der Waals surface area contributed by atoms with Crippen LogP contribution in [0.15, 0.2) is 36.4 Å². The molecule has 12 heteroatoms. The number of amides is 4. The van der Waals surface area contributed by atoms with E-state index in [0.29, 0.717) is 44.0 Å². The highest BCUT2D eigenvalue weighted by Gasteiger charge is 2.50. The van der Waals surface area contributed by atoms with E-state index in [9.17, 15) is 19.2 Å². The number of carbonyl (C=O) groups is 4. The van der Waals surface area contributed by atoms with Gasteiger partial charge in [0.25, 0.3) is 5.91 Å². The minimum atomic E-state index is -0.801. The Balaban J connectivity index is 1.34. The van der Waals surface area contributed by atoms with Crippen molar-refractivity contribution in [2.24, 2.45) is 0 Å². The Labute approximate surface area is 218 Å². The lowest BCUT2D eigenvalue weighted by atomic mass is 9.57. The third-order valence-corrected chi connectivity index (χ3v) is 7.40. The molecular formula is C25H28B3N3O6. The second-order valence-electron chi connectivity index (χ2n) is 10.3. The fourth-order valence-corrected chi connectivity index (χ4v) is 5.46. The van der Waals surface area contributed by atoms with E-state index in [1.54, 1.807) is 15.9 Å². The molecule has 1 N–H and O–H groups in total. The number of hydrogen-bond donors (Lipinski definition) is 1. The molecule has 0 bridgehead atoms. The molecule has 3 heterocycles. The van der Waals surface area contributed by atoms with Gasteiger partial charge in [-0.25, -0.2) is 0 Å². The minimum absolute atomic E-state index is 0.00409. The van der Waals surface area contributed by atoms with Crippen molar-refractivity contribution in [2.75, 3.05) is 19.8 Å². The summed E-state index contributed by atoms with van der Waals surface area (Å²) >= 11 is 0. The van der Waals surface area contributed by atoms with Crippen molar-refractivity contribution in [3.63, 3.8) is 0 Å². The van der Waals surface area contributed by atoms with Gasteiger partial charge in [0, 0.05) is 36.0 Å². The summed E-state index contributed by atoms with van der Waals surface area (Å²) in [7, 11) is 5.76. The normalized spacial score (nSPS) is 21.1. The SMILES string of the molecule is Bc1ccc2c(c1OCc1ccc(CN3CCOCC3=O)cc1)C(B)(B)N(C1CCC(=O)NC1=O)C2=O. The lowest BCUT2D eigenvalue weighted by Crippen LogP contribution is -2.59. The summed E-state index contributed by atoms with van der Waals surface area (Å²) in [5.41, 5.74) is 4.15. The van der Waals surface area contributed by atoms with Crippen molar-refractivity contribution in [3.8, 4) is 5.75 Å². The van der Waals surface area contributed by atoms with Crippen LogP contribution in [0.25, 0.3) is 0 Å². The fraction of sp³-hybridized carbons (Fsp3) is 0.360. The molecule has 37 heavy (non-hydrogen) atoms. The maximum absolute atomic E-state index is 13.5. The first-order valence-electron chi connectivity index (χ1n) is 12.5. The van der Waals surface area contributed by atoms with Crippen molar-refractivity contribution in [2.45, 2.75) is 37.4 Å². The average Bonchev–Trinajstić information content (AvgIpc) is 3.06. The summed E-state index contributed by atoms with van der Waals surface area (Å²) in [6.07, 6.45) is 0.496. The zero-order valence-electron chi connectivity index (χ0n) is 21.3. The zero-order chi connectivity index (χ0) is 26.3. The smallest absolute Gasteiger partial charge is 0.254 e. The topological polar surface area (TPSA) is 105 Å². The summed E-state index contributed by atoms with van der Waals surface area (Å²) in [6, 6.07) is 10.9. The Hall–Kier alpha value is -3.53. The van der Waals surface area contributed by atoms with Crippen LogP contribution < -0.4 is 15.5 Å². The van der Waals surface area contributed by atoms with Gasteiger partial charge >= 0.3 is 0 Å². The van der Waals surface area contributed by atoms with Gasteiger partial charge in [0.15, 0.2) is 0 Å². The van der Waals surface area contributed by atoms with Gasteiger partial charge in [-0.05, 0) is 29.1 Å². The van der Waals surface area contributed by atoms with Gasteiger partial charge in [-0.3, -0.25) is 24.5 Å². The number of benzene rings is 2. The number of rotatable bonds is 6. The van der Waals surface area contributed by atoms with Gasteiger partial charge in [-0.2, -0.15) is 0 Å². The molecule has 188 valence electrons. The Morgan fingerprint density at radius 3 is 2.49 bits per heavy atom. The Kier molecular flexibility index (Phi) is 6.62. The van der Waals surface area contributed by atoms with Crippen molar-refractivity contribution in [3.05, 3.63) is 58.7 Å². The molecule has 2 fully saturated rings. The molecule has 0 saturated carbocycles.